The summed E-state index contributed by atoms with van der Waals surface area (Å²) in [5, 5.41) is 16.3. The van der Waals surface area contributed by atoms with Crippen LogP contribution >= 0.6 is 7.82 Å². The zero-order valence-corrected chi connectivity index (χ0v) is 9.35. The van der Waals surface area contributed by atoms with Gasteiger partial charge in [-0.2, -0.15) is 0 Å². The molecule has 0 radical (unpaired) electrons. The molecule has 0 aliphatic carbocycles. The highest BCUT2D eigenvalue weighted by Crippen LogP contribution is 2.35. The van der Waals surface area contributed by atoms with Gasteiger partial charge in [0, 0.05) is 5.57 Å². The minimum Gasteiger partial charge on any atom is -0.478 e. The smallest absolute Gasteiger partial charge is 0.469 e. The molecule has 8 heteroatoms. The number of aliphatic hydroxyl groups excluding tert-OH is 1. The Kier molecular flexibility index (Phi) is 8.41. The van der Waals surface area contributed by atoms with Crippen molar-refractivity contribution >= 4 is 13.8 Å². The molecule has 0 aromatic rings. The Balaban J connectivity index is 0. The van der Waals surface area contributed by atoms with Crippen molar-refractivity contribution in [1.29, 1.82) is 0 Å². The van der Waals surface area contributed by atoms with E-state index >= 15 is 0 Å². The topological polar surface area (TPSA) is 124 Å². The second-order valence-corrected chi connectivity index (χ2v) is 3.96. The van der Waals surface area contributed by atoms with Crippen LogP contribution in [0.2, 0.25) is 0 Å². The molecule has 1 atom stereocenters. The van der Waals surface area contributed by atoms with Crippen molar-refractivity contribution in [3.05, 3.63) is 12.2 Å². The lowest BCUT2D eigenvalue weighted by molar-refractivity contribution is -0.132. The van der Waals surface area contributed by atoms with Crippen molar-refractivity contribution in [2.75, 3.05) is 6.61 Å². The molecule has 90 valence electrons. The second kappa shape index (κ2) is 7.56. The van der Waals surface area contributed by atoms with Gasteiger partial charge in [0.15, 0.2) is 0 Å². The van der Waals surface area contributed by atoms with Gasteiger partial charge in [0.1, 0.15) is 0 Å². The van der Waals surface area contributed by atoms with Gasteiger partial charge in [-0.3, -0.25) is 4.52 Å². The third-order valence-corrected chi connectivity index (χ3v) is 1.33. The molecule has 0 rings (SSSR count). The Hall–Kier alpha value is -0.720. The molecular weight excluding hydrogens is 227 g/mol. The van der Waals surface area contributed by atoms with Crippen LogP contribution in [0.25, 0.3) is 0 Å². The van der Waals surface area contributed by atoms with Gasteiger partial charge in [0.25, 0.3) is 0 Å². The molecule has 4 N–H and O–H groups in total. The quantitative estimate of drug-likeness (QED) is 0.407. The summed E-state index contributed by atoms with van der Waals surface area (Å²) in [7, 11) is -4.38. The van der Waals surface area contributed by atoms with E-state index in [1.807, 2.05) is 0 Å². The summed E-state index contributed by atoms with van der Waals surface area (Å²) >= 11 is 0. The predicted molar refractivity (Wildman–Crippen MR) is 52.1 cm³/mol. The first-order valence-corrected chi connectivity index (χ1v) is 5.36. The molecule has 0 aliphatic rings. The van der Waals surface area contributed by atoms with Crippen LogP contribution in [0.15, 0.2) is 12.2 Å². The summed E-state index contributed by atoms with van der Waals surface area (Å²) in [6.07, 6.45) is -0.849. The van der Waals surface area contributed by atoms with Crippen LogP contribution in [0.5, 0.6) is 0 Å². The third kappa shape index (κ3) is 19.6. The summed E-state index contributed by atoms with van der Waals surface area (Å²) in [5.41, 5.74) is 0.176. The molecule has 0 aliphatic heterocycles. The van der Waals surface area contributed by atoms with Crippen LogP contribution < -0.4 is 0 Å². The minimum atomic E-state index is -4.38. The lowest BCUT2D eigenvalue weighted by atomic mass is 10.4. The largest absolute Gasteiger partial charge is 0.478 e. The normalized spacial score (nSPS) is 12.3. The Bertz CT molecular complexity index is 242. The number of hydrogen-bond donors (Lipinski definition) is 4. The second-order valence-electron chi connectivity index (χ2n) is 2.72. The third-order valence-electron chi connectivity index (χ3n) is 0.849. The van der Waals surface area contributed by atoms with Crippen molar-refractivity contribution in [1.82, 2.24) is 0 Å². The van der Waals surface area contributed by atoms with Gasteiger partial charge in [-0.05, 0) is 13.8 Å². The SMILES string of the molecule is C=C(C)C(=O)O.CC(O)COP(=O)(O)O. The maximum Gasteiger partial charge on any atom is 0.469 e. The van der Waals surface area contributed by atoms with E-state index in [2.05, 4.69) is 11.1 Å². The minimum absolute atomic E-state index is 0.176. The first-order chi connectivity index (χ1) is 6.56. The molecular formula is C7H15O7P. The molecule has 0 spiro atoms. The van der Waals surface area contributed by atoms with Crippen LogP contribution in [0.1, 0.15) is 13.8 Å². The van der Waals surface area contributed by atoms with Crippen molar-refractivity contribution in [3.63, 3.8) is 0 Å². The highest BCUT2D eigenvalue weighted by atomic mass is 31.2. The molecule has 0 bridgehead atoms. The zero-order chi connectivity index (χ0) is 12.6. The molecule has 1 unspecified atom stereocenters. The molecule has 0 amide bonds. The molecule has 15 heavy (non-hydrogen) atoms. The Morgan fingerprint density at radius 1 is 1.53 bits per heavy atom. The molecule has 7 nitrogen and oxygen atoms in total. The van der Waals surface area contributed by atoms with Crippen LogP contribution in [0.4, 0.5) is 0 Å². The Morgan fingerprint density at radius 2 is 1.87 bits per heavy atom. The van der Waals surface area contributed by atoms with Crippen LogP contribution in [0, 0.1) is 0 Å². The molecule has 0 aromatic heterocycles. The van der Waals surface area contributed by atoms with E-state index in [1.165, 1.54) is 13.8 Å². The Morgan fingerprint density at radius 3 is 1.93 bits per heavy atom. The van der Waals surface area contributed by atoms with E-state index in [0.29, 0.717) is 0 Å². The van der Waals surface area contributed by atoms with Crippen molar-refractivity contribution in [2.45, 2.75) is 20.0 Å². The predicted octanol–water partition coefficient (Wildman–Crippen LogP) is 0.124. The number of phosphoric acid groups is 1. The van der Waals surface area contributed by atoms with E-state index in [4.69, 9.17) is 20.0 Å². The number of carboxylic acids is 1. The van der Waals surface area contributed by atoms with Gasteiger partial charge >= 0.3 is 13.8 Å². The fourth-order valence-electron chi connectivity index (χ4n) is 0.205. The van der Waals surface area contributed by atoms with E-state index in [9.17, 15) is 9.36 Å². The summed E-state index contributed by atoms with van der Waals surface area (Å²) < 4.78 is 13.8. The fraction of sp³-hybridized carbons (Fsp3) is 0.571. The fourth-order valence-corrected chi connectivity index (χ4v) is 0.615. The maximum absolute atomic E-state index is 9.90. The average Bonchev–Trinajstić information content (AvgIpc) is 2.00. The van der Waals surface area contributed by atoms with Gasteiger partial charge < -0.3 is 20.0 Å². The molecule has 0 aromatic carbocycles. The maximum atomic E-state index is 9.90. The van der Waals surface area contributed by atoms with Crippen molar-refractivity contribution in [2.24, 2.45) is 0 Å². The standard InChI is InChI=1S/C4H6O2.C3H9O5P/c1-3(2)4(5)6;1-3(4)2-8-9(5,6)7/h1H2,2H3,(H,5,6);3-4H,2H2,1H3,(H2,5,6,7). The summed E-state index contributed by atoms with van der Waals surface area (Å²) in [6, 6.07) is 0. The van der Waals surface area contributed by atoms with Gasteiger partial charge in [0.05, 0.1) is 12.7 Å². The van der Waals surface area contributed by atoms with Gasteiger partial charge in [-0.25, -0.2) is 9.36 Å². The Labute approximate surface area is 87.2 Å². The number of carboxylic acid groups (broad SMARTS) is 1. The number of rotatable bonds is 4. The van der Waals surface area contributed by atoms with Gasteiger partial charge in [-0.15, -0.1) is 0 Å². The lowest BCUT2D eigenvalue weighted by Crippen LogP contribution is -2.08. The molecule has 0 saturated heterocycles. The van der Waals surface area contributed by atoms with E-state index in [0.717, 1.165) is 0 Å². The first kappa shape index (κ1) is 16.7. The van der Waals surface area contributed by atoms with Crippen LogP contribution in [-0.4, -0.2) is 38.7 Å². The van der Waals surface area contributed by atoms with E-state index in [-0.39, 0.29) is 12.2 Å². The summed E-state index contributed by atoms with van der Waals surface area (Å²) in [6.45, 7) is 5.63. The van der Waals surface area contributed by atoms with Crippen molar-refractivity contribution in [3.8, 4) is 0 Å². The number of aliphatic carboxylic acids is 1. The molecule has 0 saturated carbocycles. The number of phosphoric ester groups is 1. The monoisotopic (exact) mass is 242 g/mol. The highest BCUT2D eigenvalue weighted by molar-refractivity contribution is 7.46. The zero-order valence-electron chi connectivity index (χ0n) is 8.45. The van der Waals surface area contributed by atoms with Crippen LogP contribution in [-0.2, 0) is 13.9 Å². The van der Waals surface area contributed by atoms with Gasteiger partial charge in [-0.1, -0.05) is 6.58 Å². The lowest BCUT2D eigenvalue weighted by Gasteiger charge is -2.05. The highest BCUT2D eigenvalue weighted by Gasteiger charge is 2.14. The molecule has 0 fully saturated rings. The number of hydrogen-bond acceptors (Lipinski definition) is 4. The van der Waals surface area contributed by atoms with Crippen molar-refractivity contribution < 1.29 is 33.9 Å². The average molecular weight is 242 g/mol. The summed E-state index contributed by atoms with van der Waals surface area (Å²) in [4.78, 5) is 25.7. The first-order valence-electron chi connectivity index (χ1n) is 3.83. The van der Waals surface area contributed by atoms with E-state index < -0.39 is 19.9 Å². The van der Waals surface area contributed by atoms with E-state index in [1.54, 1.807) is 0 Å². The van der Waals surface area contributed by atoms with Crippen LogP contribution in [0.3, 0.4) is 0 Å². The number of carbonyl (C=O) groups is 1. The van der Waals surface area contributed by atoms with Gasteiger partial charge in [0.2, 0.25) is 0 Å². The number of aliphatic hydroxyl groups is 1. The summed E-state index contributed by atoms with van der Waals surface area (Å²) in [5.74, 6) is -0.935. The molecule has 0 heterocycles.